The SMILES string of the molecule is CC(=O)OCc1cc2nc(N3CCC[C@@H](N)C3)n(Cc3ccccc3C#N)c(=O)c2s1. The third-order valence-electron chi connectivity index (χ3n) is 5.29. The fraction of sp³-hybridized carbons (Fsp3) is 0.364. The molecule has 1 aliphatic rings. The highest BCUT2D eigenvalue weighted by Gasteiger charge is 2.24. The number of piperidine rings is 1. The van der Waals surface area contributed by atoms with Gasteiger partial charge in [0, 0.05) is 30.9 Å². The number of nitrogens with zero attached hydrogens (tertiary/aromatic N) is 4. The maximum absolute atomic E-state index is 13.5. The summed E-state index contributed by atoms with van der Waals surface area (Å²) >= 11 is 1.28. The first-order valence-corrected chi connectivity index (χ1v) is 10.9. The fourth-order valence-corrected chi connectivity index (χ4v) is 4.76. The Labute approximate surface area is 183 Å². The molecule has 1 fully saturated rings. The number of nitrogens with two attached hydrogens (primary N) is 1. The Kier molecular flexibility index (Phi) is 6.02. The lowest BCUT2D eigenvalue weighted by molar-refractivity contribution is -0.142. The molecule has 1 atom stereocenters. The Morgan fingerprint density at radius 2 is 2.23 bits per heavy atom. The van der Waals surface area contributed by atoms with Gasteiger partial charge < -0.3 is 15.4 Å². The molecule has 9 heteroatoms. The van der Waals surface area contributed by atoms with Gasteiger partial charge in [-0.2, -0.15) is 5.26 Å². The molecule has 31 heavy (non-hydrogen) atoms. The Morgan fingerprint density at radius 1 is 1.42 bits per heavy atom. The van der Waals surface area contributed by atoms with E-state index in [-0.39, 0.29) is 30.7 Å². The van der Waals surface area contributed by atoms with Gasteiger partial charge in [0.05, 0.1) is 23.7 Å². The van der Waals surface area contributed by atoms with Crippen LogP contribution in [0.5, 0.6) is 0 Å². The average Bonchev–Trinajstić information content (AvgIpc) is 3.18. The van der Waals surface area contributed by atoms with Gasteiger partial charge in [-0.05, 0) is 30.5 Å². The molecule has 3 heterocycles. The van der Waals surface area contributed by atoms with Crippen LogP contribution in [-0.2, 0) is 22.7 Å². The maximum atomic E-state index is 13.5. The number of hydrogen-bond donors (Lipinski definition) is 1. The van der Waals surface area contributed by atoms with Crippen molar-refractivity contribution >= 4 is 33.5 Å². The van der Waals surface area contributed by atoms with Crippen LogP contribution < -0.4 is 16.2 Å². The zero-order chi connectivity index (χ0) is 22.0. The number of aromatic nitrogens is 2. The quantitative estimate of drug-likeness (QED) is 0.610. The number of carbonyl (C=O) groups excluding carboxylic acids is 1. The number of hydrogen-bond acceptors (Lipinski definition) is 8. The Hall–Kier alpha value is -3.22. The van der Waals surface area contributed by atoms with Crippen molar-refractivity contribution < 1.29 is 9.53 Å². The lowest BCUT2D eigenvalue weighted by Crippen LogP contribution is -2.45. The molecule has 160 valence electrons. The molecule has 0 saturated carbocycles. The van der Waals surface area contributed by atoms with E-state index in [1.54, 1.807) is 22.8 Å². The molecule has 0 amide bonds. The summed E-state index contributed by atoms with van der Waals surface area (Å²) in [5.41, 5.74) is 7.87. The summed E-state index contributed by atoms with van der Waals surface area (Å²) in [5.74, 6) is 0.177. The van der Waals surface area contributed by atoms with E-state index in [4.69, 9.17) is 15.5 Å². The second-order valence-electron chi connectivity index (χ2n) is 7.63. The van der Waals surface area contributed by atoms with E-state index in [0.29, 0.717) is 28.3 Å². The minimum absolute atomic E-state index is 0.0168. The van der Waals surface area contributed by atoms with Crippen LogP contribution in [0.4, 0.5) is 5.95 Å². The van der Waals surface area contributed by atoms with Crippen LogP contribution in [0.2, 0.25) is 0 Å². The van der Waals surface area contributed by atoms with Crippen LogP contribution in [-0.4, -0.2) is 34.7 Å². The molecule has 4 rings (SSSR count). The van der Waals surface area contributed by atoms with E-state index < -0.39 is 0 Å². The van der Waals surface area contributed by atoms with Gasteiger partial charge in [0.25, 0.3) is 5.56 Å². The number of anilines is 1. The van der Waals surface area contributed by atoms with Crippen molar-refractivity contribution in [1.29, 1.82) is 5.26 Å². The highest BCUT2D eigenvalue weighted by molar-refractivity contribution is 7.18. The lowest BCUT2D eigenvalue weighted by atomic mass is 10.1. The molecule has 1 aliphatic heterocycles. The molecule has 0 radical (unpaired) electrons. The third-order valence-corrected chi connectivity index (χ3v) is 6.38. The van der Waals surface area contributed by atoms with Crippen LogP contribution in [0.1, 0.15) is 35.8 Å². The van der Waals surface area contributed by atoms with Gasteiger partial charge in [0.1, 0.15) is 11.3 Å². The molecule has 2 N–H and O–H groups in total. The first-order valence-electron chi connectivity index (χ1n) is 10.1. The zero-order valence-corrected chi connectivity index (χ0v) is 18.0. The smallest absolute Gasteiger partial charge is 0.302 e. The number of carbonyl (C=O) groups is 1. The van der Waals surface area contributed by atoms with Gasteiger partial charge in [-0.15, -0.1) is 11.3 Å². The topological polar surface area (TPSA) is 114 Å². The van der Waals surface area contributed by atoms with Gasteiger partial charge in [0.2, 0.25) is 5.95 Å². The Balaban J connectivity index is 1.83. The molecule has 1 aromatic carbocycles. The van der Waals surface area contributed by atoms with Crippen LogP contribution >= 0.6 is 11.3 Å². The largest absolute Gasteiger partial charge is 0.460 e. The van der Waals surface area contributed by atoms with Crippen molar-refractivity contribution in [2.45, 2.75) is 39.0 Å². The number of benzene rings is 1. The van der Waals surface area contributed by atoms with Crippen LogP contribution in [0.3, 0.4) is 0 Å². The minimum atomic E-state index is -0.376. The van der Waals surface area contributed by atoms with Crippen molar-refractivity contribution in [2.75, 3.05) is 18.0 Å². The number of nitriles is 1. The van der Waals surface area contributed by atoms with Crippen LogP contribution in [0.25, 0.3) is 10.2 Å². The van der Waals surface area contributed by atoms with E-state index in [9.17, 15) is 14.9 Å². The van der Waals surface area contributed by atoms with E-state index in [0.717, 1.165) is 29.8 Å². The monoisotopic (exact) mass is 437 g/mol. The molecule has 0 unspecified atom stereocenters. The maximum Gasteiger partial charge on any atom is 0.302 e. The summed E-state index contributed by atoms with van der Waals surface area (Å²) in [6.07, 6.45) is 1.86. The highest BCUT2D eigenvalue weighted by atomic mass is 32.1. The van der Waals surface area contributed by atoms with Gasteiger partial charge in [0.15, 0.2) is 0 Å². The third kappa shape index (κ3) is 4.45. The van der Waals surface area contributed by atoms with E-state index >= 15 is 0 Å². The zero-order valence-electron chi connectivity index (χ0n) is 17.2. The van der Waals surface area contributed by atoms with E-state index in [2.05, 4.69) is 6.07 Å². The molecule has 0 spiro atoms. The number of ether oxygens (including phenoxy) is 1. The first-order chi connectivity index (χ1) is 15.0. The molecule has 0 aliphatic carbocycles. The molecule has 0 bridgehead atoms. The molecule has 3 aromatic rings. The van der Waals surface area contributed by atoms with Crippen molar-refractivity contribution in [3.63, 3.8) is 0 Å². The molecular weight excluding hydrogens is 414 g/mol. The summed E-state index contributed by atoms with van der Waals surface area (Å²) in [5, 5.41) is 9.48. The van der Waals surface area contributed by atoms with Gasteiger partial charge in [-0.1, -0.05) is 18.2 Å². The fourth-order valence-electron chi connectivity index (χ4n) is 3.81. The average molecular weight is 438 g/mol. The summed E-state index contributed by atoms with van der Waals surface area (Å²) < 4.78 is 7.22. The minimum Gasteiger partial charge on any atom is -0.460 e. The van der Waals surface area contributed by atoms with E-state index in [1.807, 2.05) is 17.0 Å². The van der Waals surface area contributed by atoms with Gasteiger partial charge >= 0.3 is 5.97 Å². The summed E-state index contributed by atoms with van der Waals surface area (Å²) in [7, 11) is 0. The second kappa shape index (κ2) is 8.88. The van der Waals surface area contributed by atoms with Crippen LogP contribution in [0, 0.1) is 11.3 Å². The molecule has 8 nitrogen and oxygen atoms in total. The Bertz CT molecular complexity index is 1230. The molecular formula is C22H23N5O3S. The summed E-state index contributed by atoms with van der Waals surface area (Å²) in [6.45, 7) is 3.07. The number of rotatable bonds is 5. The van der Waals surface area contributed by atoms with Crippen molar-refractivity contribution in [1.82, 2.24) is 9.55 Å². The predicted octanol–water partition coefficient (Wildman–Crippen LogP) is 2.37. The van der Waals surface area contributed by atoms with Crippen molar-refractivity contribution in [3.05, 3.63) is 56.7 Å². The summed E-state index contributed by atoms with van der Waals surface area (Å²) in [6, 6.07) is 11.3. The summed E-state index contributed by atoms with van der Waals surface area (Å²) in [4.78, 5) is 32.3. The normalized spacial score (nSPS) is 16.3. The molecule has 2 aromatic heterocycles. The first kappa shape index (κ1) is 21.0. The molecule has 1 saturated heterocycles. The lowest BCUT2D eigenvalue weighted by Gasteiger charge is -2.33. The Morgan fingerprint density at radius 3 is 2.97 bits per heavy atom. The van der Waals surface area contributed by atoms with Gasteiger partial charge in [-0.3, -0.25) is 14.2 Å². The highest BCUT2D eigenvalue weighted by Crippen LogP contribution is 2.26. The van der Waals surface area contributed by atoms with Crippen molar-refractivity contribution in [2.24, 2.45) is 5.73 Å². The second-order valence-corrected chi connectivity index (χ2v) is 8.76. The number of fused-ring (bicyclic) bond motifs is 1. The van der Waals surface area contributed by atoms with E-state index in [1.165, 1.54) is 18.3 Å². The number of esters is 1. The van der Waals surface area contributed by atoms with Gasteiger partial charge in [-0.25, -0.2) is 4.98 Å². The standard InChI is InChI=1S/C22H23N5O3S/c1-14(28)30-13-18-9-19-20(31-18)21(29)27(11-16-6-3-2-5-15(16)10-23)22(25-19)26-8-4-7-17(24)12-26/h2-3,5-6,9,17H,4,7-8,11-13,24H2,1H3/t17-/m1/s1. The van der Waals surface area contributed by atoms with Crippen LogP contribution in [0.15, 0.2) is 35.1 Å². The predicted molar refractivity (Wildman–Crippen MR) is 119 cm³/mol. The van der Waals surface area contributed by atoms with Crippen molar-refractivity contribution in [3.8, 4) is 6.07 Å². The number of thiophene rings is 1.